The normalized spacial score (nSPS) is 20.4. The van der Waals surface area contributed by atoms with E-state index in [0.29, 0.717) is 12.8 Å². The quantitative estimate of drug-likeness (QED) is 0.458. The van der Waals surface area contributed by atoms with Crippen LogP contribution in [0.4, 0.5) is 0 Å². The number of hydrogen-bond donors (Lipinski definition) is 1. The minimum absolute atomic E-state index is 0.0550. The zero-order valence-electron chi connectivity index (χ0n) is 9.06. The molecule has 0 bridgehead atoms. The fraction of sp³-hybridized carbons (Fsp3) is 0.333. The molecule has 5 heteroatoms. The Hall–Kier alpha value is -2.04. The number of nitrogens with one attached hydrogen (secondary N) is 1. The smallest absolute Gasteiger partial charge is 0.258 e. The van der Waals surface area contributed by atoms with E-state index in [9.17, 15) is 19.2 Å². The first kappa shape index (κ1) is 11.4. The molecule has 1 atom stereocenters. The van der Waals surface area contributed by atoms with E-state index in [2.05, 4.69) is 4.98 Å². The van der Waals surface area contributed by atoms with Gasteiger partial charge in [0.2, 0.25) is 5.78 Å². The lowest BCUT2D eigenvalue weighted by atomic mass is 9.82. The van der Waals surface area contributed by atoms with Crippen LogP contribution < -0.4 is 5.56 Å². The van der Waals surface area contributed by atoms with Gasteiger partial charge in [0, 0.05) is 12.6 Å². The lowest BCUT2D eigenvalue weighted by Crippen LogP contribution is -2.36. The first-order chi connectivity index (χ1) is 8.11. The summed E-state index contributed by atoms with van der Waals surface area (Å²) in [6, 6.07) is 2.89. The van der Waals surface area contributed by atoms with Crippen molar-refractivity contribution < 1.29 is 14.4 Å². The first-order valence-corrected chi connectivity index (χ1v) is 5.40. The highest BCUT2D eigenvalue weighted by Gasteiger charge is 2.35. The Labute approximate surface area is 96.8 Å². The van der Waals surface area contributed by atoms with Crippen molar-refractivity contribution in [2.45, 2.75) is 19.3 Å². The number of Topliss-reactive ketones (excluding diaryl/α,β-unsaturated/α-hetero) is 3. The number of pyridine rings is 1. The van der Waals surface area contributed by atoms with Crippen LogP contribution in [0.1, 0.15) is 29.6 Å². The second-order valence-corrected chi connectivity index (χ2v) is 4.01. The molecule has 17 heavy (non-hydrogen) atoms. The van der Waals surface area contributed by atoms with E-state index >= 15 is 0 Å². The predicted molar refractivity (Wildman–Crippen MR) is 58.7 cm³/mol. The molecule has 0 saturated heterocycles. The van der Waals surface area contributed by atoms with Crippen molar-refractivity contribution in [2.75, 3.05) is 0 Å². The van der Waals surface area contributed by atoms with Crippen LogP contribution in [0.25, 0.3) is 0 Å². The number of aromatic nitrogens is 1. The van der Waals surface area contributed by atoms with Crippen LogP contribution in [-0.4, -0.2) is 22.3 Å². The largest absolute Gasteiger partial charge is 0.328 e. The van der Waals surface area contributed by atoms with Crippen LogP contribution in [0, 0.1) is 5.92 Å². The molecule has 1 unspecified atom stereocenters. The monoisotopic (exact) mass is 233 g/mol. The minimum Gasteiger partial charge on any atom is -0.328 e. The summed E-state index contributed by atoms with van der Waals surface area (Å²) in [7, 11) is 0. The lowest BCUT2D eigenvalue weighted by Gasteiger charge is -2.17. The van der Waals surface area contributed by atoms with Gasteiger partial charge in [0.15, 0.2) is 11.6 Å². The van der Waals surface area contributed by atoms with E-state index in [1.807, 2.05) is 0 Å². The highest BCUT2D eigenvalue weighted by atomic mass is 16.2. The molecule has 0 amide bonds. The van der Waals surface area contributed by atoms with Crippen LogP contribution >= 0.6 is 0 Å². The molecule has 0 radical (unpaired) electrons. The van der Waals surface area contributed by atoms with E-state index < -0.39 is 28.8 Å². The maximum atomic E-state index is 12.0. The van der Waals surface area contributed by atoms with Gasteiger partial charge in [-0.2, -0.15) is 0 Å². The molecule has 1 N–H and O–H groups in total. The first-order valence-electron chi connectivity index (χ1n) is 5.40. The SMILES string of the molecule is O=C1CCCC(C(=O)c2ccc[nH]c2=O)C1=O. The van der Waals surface area contributed by atoms with Gasteiger partial charge in [-0.1, -0.05) is 0 Å². The van der Waals surface area contributed by atoms with Gasteiger partial charge in [-0.3, -0.25) is 19.2 Å². The van der Waals surface area contributed by atoms with E-state index in [4.69, 9.17) is 0 Å². The highest BCUT2D eigenvalue weighted by molar-refractivity contribution is 6.42. The zero-order chi connectivity index (χ0) is 12.4. The summed E-state index contributed by atoms with van der Waals surface area (Å²) in [5.41, 5.74) is -0.580. The molecule has 0 spiro atoms. The van der Waals surface area contributed by atoms with Crippen LogP contribution in [0.3, 0.4) is 0 Å². The van der Waals surface area contributed by atoms with Gasteiger partial charge in [-0.15, -0.1) is 0 Å². The van der Waals surface area contributed by atoms with Crippen molar-refractivity contribution in [3.05, 3.63) is 34.2 Å². The number of H-pyrrole nitrogens is 1. The second kappa shape index (κ2) is 4.45. The summed E-state index contributed by atoms with van der Waals surface area (Å²) in [5, 5.41) is 0. The third-order valence-corrected chi connectivity index (χ3v) is 2.89. The highest BCUT2D eigenvalue weighted by Crippen LogP contribution is 2.21. The number of hydrogen-bond acceptors (Lipinski definition) is 4. The van der Waals surface area contributed by atoms with Crippen molar-refractivity contribution in [2.24, 2.45) is 5.92 Å². The Morgan fingerprint density at radius 3 is 2.76 bits per heavy atom. The molecule has 2 rings (SSSR count). The minimum atomic E-state index is -0.972. The van der Waals surface area contributed by atoms with Crippen LogP contribution in [0.5, 0.6) is 0 Å². The Morgan fingerprint density at radius 1 is 1.29 bits per heavy atom. The standard InChI is InChI=1S/C12H11NO4/c14-9-5-1-3-7(11(9)16)10(15)8-4-2-6-13-12(8)17/h2,4,6-7H,1,3,5H2,(H,13,17). The van der Waals surface area contributed by atoms with E-state index in [1.54, 1.807) is 0 Å². The summed E-state index contributed by atoms with van der Waals surface area (Å²) in [6.07, 6.45) is 2.48. The van der Waals surface area contributed by atoms with Gasteiger partial charge >= 0.3 is 0 Å². The van der Waals surface area contributed by atoms with Gasteiger partial charge in [-0.05, 0) is 25.0 Å². The molecule has 0 aromatic carbocycles. The van der Waals surface area contributed by atoms with Crippen molar-refractivity contribution in [3.63, 3.8) is 0 Å². The molecule has 0 aliphatic heterocycles. The molecule has 5 nitrogen and oxygen atoms in total. The van der Waals surface area contributed by atoms with E-state index in [-0.39, 0.29) is 12.0 Å². The summed E-state index contributed by atoms with van der Waals surface area (Å²) in [6.45, 7) is 0. The topological polar surface area (TPSA) is 84.1 Å². The van der Waals surface area contributed by atoms with Gasteiger partial charge in [0.05, 0.1) is 11.5 Å². The van der Waals surface area contributed by atoms with Crippen LogP contribution in [0.15, 0.2) is 23.1 Å². The average Bonchev–Trinajstić information content (AvgIpc) is 2.32. The maximum Gasteiger partial charge on any atom is 0.258 e. The van der Waals surface area contributed by atoms with Crippen molar-refractivity contribution in [1.82, 2.24) is 4.98 Å². The van der Waals surface area contributed by atoms with E-state index in [0.717, 1.165) is 0 Å². The number of carbonyl (C=O) groups is 3. The molecule has 1 aliphatic rings. The number of ketones is 3. The number of carbonyl (C=O) groups excluding carboxylic acids is 3. The molecule has 88 valence electrons. The molecule has 1 aliphatic carbocycles. The number of rotatable bonds is 2. The predicted octanol–water partition coefficient (Wildman–Crippen LogP) is 0.496. The Kier molecular flexibility index (Phi) is 2.99. The summed E-state index contributed by atoms with van der Waals surface area (Å²) >= 11 is 0. The third-order valence-electron chi connectivity index (χ3n) is 2.89. The van der Waals surface area contributed by atoms with Crippen LogP contribution in [-0.2, 0) is 9.59 Å². The zero-order valence-corrected chi connectivity index (χ0v) is 9.06. The number of aromatic amines is 1. The van der Waals surface area contributed by atoms with Crippen molar-refractivity contribution >= 4 is 17.3 Å². The Morgan fingerprint density at radius 2 is 2.06 bits per heavy atom. The summed E-state index contributed by atoms with van der Waals surface area (Å²) < 4.78 is 0. The second-order valence-electron chi connectivity index (χ2n) is 4.01. The molecule has 1 aromatic rings. The van der Waals surface area contributed by atoms with Gasteiger partial charge in [-0.25, -0.2) is 0 Å². The molecule has 1 heterocycles. The fourth-order valence-corrected chi connectivity index (χ4v) is 1.97. The molecule has 1 saturated carbocycles. The van der Waals surface area contributed by atoms with Gasteiger partial charge in [0.1, 0.15) is 0 Å². The van der Waals surface area contributed by atoms with Crippen molar-refractivity contribution in [1.29, 1.82) is 0 Å². The van der Waals surface area contributed by atoms with Gasteiger partial charge < -0.3 is 4.98 Å². The van der Waals surface area contributed by atoms with Gasteiger partial charge in [0.25, 0.3) is 5.56 Å². The summed E-state index contributed by atoms with van der Waals surface area (Å²) in [4.78, 5) is 48.6. The molecular formula is C12H11NO4. The average molecular weight is 233 g/mol. The molecule has 1 aromatic heterocycles. The maximum absolute atomic E-state index is 12.0. The van der Waals surface area contributed by atoms with E-state index in [1.165, 1.54) is 18.3 Å². The lowest BCUT2D eigenvalue weighted by molar-refractivity contribution is -0.139. The fourth-order valence-electron chi connectivity index (χ4n) is 1.97. The van der Waals surface area contributed by atoms with Crippen molar-refractivity contribution in [3.8, 4) is 0 Å². The molecule has 1 fully saturated rings. The Bertz CT molecular complexity index is 543. The van der Waals surface area contributed by atoms with Crippen LogP contribution in [0.2, 0.25) is 0 Å². The Balaban J connectivity index is 2.32. The molecular weight excluding hydrogens is 222 g/mol. The third kappa shape index (κ3) is 2.08. The summed E-state index contributed by atoms with van der Waals surface area (Å²) in [5.74, 6) is -2.70.